The normalized spacial score (nSPS) is 18.5. The first kappa shape index (κ1) is 23.9. The molecular formula is C32H31FN2O. The lowest BCUT2D eigenvalue weighted by Crippen LogP contribution is -2.41. The molecule has 0 spiro atoms. The minimum Gasteiger partial charge on any atom is -0.349 e. The number of nitrogens with one attached hydrogen (secondary N) is 1. The van der Waals surface area contributed by atoms with Gasteiger partial charge in [0, 0.05) is 23.2 Å². The largest absolute Gasteiger partial charge is 0.349 e. The van der Waals surface area contributed by atoms with Crippen LogP contribution >= 0.6 is 0 Å². The quantitative estimate of drug-likeness (QED) is 0.277. The zero-order chi connectivity index (χ0) is 24.9. The van der Waals surface area contributed by atoms with Crippen molar-refractivity contribution in [3.8, 4) is 11.1 Å². The Labute approximate surface area is 212 Å². The van der Waals surface area contributed by atoms with E-state index in [2.05, 4.69) is 29.0 Å². The van der Waals surface area contributed by atoms with Gasteiger partial charge in [0.25, 0.3) is 5.91 Å². The first-order valence-electron chi connectivity index (χ1n) is 12.7. The predicted molar refractivity (Wildman–Crippen MR) is 144 cm³/mol. The Hall–Kier alpha value is -3.79. The molecule has 5 rings (SSSR count). The molecule has 1 amide bonds. The number of amides is 1. The van der Waals surface area contributed by atoms with Crippen LogP contribution in [0.15, 0.2) is 97.7 Å². The maximum atomic E-state index is 13.9. The Morgan fingerprint density at radius 1 is 0.972 bits per heavy atom. The molecule has 1 aromatic heterocycles. The fourth-order valence-electron chi connectivity index (χ4n) is 5.57. The summed E-state index contributed by atoms with van der Waals surface area (Å²) in [6, 6.07) is 24.9. The third-order valence-corrected chi connectivity index (χ3v) is 7.51. The van der Waals surface area contributed by atoms with E-state index < -0.39 is 0 Å². The summed E-state index contributed by atoms with van der Waals surface area (Å²) in [5, 5.41) is 4.20. The summed E-state index contributed by atoms with van der Waals surface area (Å²) < 4.78 is 13.9. The van der Waals surface area contributed by atoms with Crippen LogP contribution in [0.25, 0.3) is 22.0 Å². The molecule has 1 N–H and O–H groups in total. The van der Waals surface area contributed by atoms with Gasteiger partial charge in [0.05, 0.1) is 5.52 Å². The van der Waals surface area contributed by atoms with E-state index in [1.54, 1.807) is 12.1 Å². The summed E-state index contributed by atoms with van der Waals surface area (Å²) in [7, 11) is 0. The number of fused-ring (bicyclic) bond motifs is 1. The number of hydrogen-bond donors (Lipinski definition) is 1. The van der Waals surface area contributed by atoms with Gasteiger partial charge >= 0.3 is 0 Å². The van der Waals surface area contributed by atoms with Gasteiger partial charge in [0.2, 0.25) is 0 Å². The molecule has 1 saturated carbocycles. The van der Waals surface area contributed by atoms with Crippen LogP contribution in [0.2, 0.25) is 0 Å². The second-order valence-electron chi connectivity index (χ2n) is 9.72. The van der Waals surface area contributed by atoms with Crippen molar-refractivity contribution in [3.05, 3.63) is 115 Å². The van der Waals surface area contributed by atoms with Crippen molar-refractivity contribution >= 4 is 16.8 Å². The molecule has 0 saturated heterocycles. The van der Waals surface area contributed by atoms with E-state index in [4.69, 9.17) is 0 Å². The van der Waals surface area contributed by atoms with Gasteiger partial charge in [0.15, 0.2) is 0 Å². The second-order valence-corrected chi connectivity index (χ2v) is 9.72. The lowest BCUT2D eigenvalue weighted by molar-refractivity contribution is 0.0912. The second kappa shape index (κ2) is 10.9. The molecule has 4 heteroatoms. The molecule has 0 unspecified atom stereocenters. The number of hydrogen-bond acceptors (Lipinski definition) is 2. The maximum Gasteiger partial charge on any atom is 0.251 e. The summed E-state index contributed by atoms with van der Waals surface area (Å²) in [6.45, 7) is 3.93. The van der Waals surface area contributed by atoms with Gasteiger partial charge in [-0.1, -0.05) is 48.5 Å². The lowest BCUT2D eigenvalue weighted by Gasteiger charge is -2.34. The molecule has 1 fully saturated rings. The molecule has 3 aromatic carbocycles. The Balaban J connectivity index is 1.25. The highest BCUT2D eigenvalue weighted by atomic mass is 19.1. The molecule has 4 aromatic rings. The molecule has 0 radical (unpaired) electrons. The van der Waals surface area contributed by atoms with Crippen LogP contribution in [-0.4, -0.2) is 16.9 Å². The van der Waals surface area contributed by atoms with Gasteiger partial charge in [-0.2, -0.15) is 0 Å². The molecule has 1 heterocycles. The first-order chi connectivity index (χ1) is 17.6. The number of benzene rings is 3. The molecule has 1 atom stereocenters. The zero-order valence-electron chi connectivity index (χ0n) is 20.4. The van der Waals surface area contributed by atoms with Crippen molar-refractivity contribution in [1.82, 2.24) is 10.3 Å². The third-order valence-electron chi connectivity index (χ3n) is 7.51. The summed E-state index contributed by atoms with van der Waals surface area (Å²) in [5.41, 5.74) is 4.92. The summed E-state index contributed by atoms with van der Waals surface area (Å²) >= 11 is 0. The van der Waals surface area contributed by atoms with E-state index in [9.17, 15) is 9.18 Å². The average molecular weight is 479 g/mol. The Bertz CT molecular complexity index is 1340. The summed E-state index contributed by atoms with van der Waals surface area (Å²) in [5.74, 6) is 0.492. The molecule has 36 heavy (non-hydrogen) atoms. The van der Waals surface area contributed by atoms with E-state index in [0.29, 0.717) is 17.4 Å². The summed E-state index contributed by atoms with van der Waals surface area (Å²) in [4.78, 5) is 17.5. The Kier molecular flexibility index (Phi) is 7.22. The molecule has 0 aliphatic heterocycles. The van der Waals surface area contributed by atoms with Crippen LogP contribution in [0.5, 0.6) is 0 Å². The lowest BCUT2D eigenvalue weighted by atomic mass is 9.74. The molecule has 1 aliphatic rings. The molecule has 0 bridgehead atoms. The van der Waals surface area contributed by atoms with E-state index in [-0.39, 0.29) is 17.8 Å². The van der Waals surface area contributed by atoms with Crippen molar-refractivity contribution < 1.29 is 9.18 Å². The van der Waals surface area contributed by atoms with Crippen LogP contribution in [0.4, 0.5) is 4.39 Å². The van der Waals surface area contributed by atoms with E-state index >= 15 is 0 Å². The molecular weight excluding hydrogens is 447 g/mol. The highest BCUT2D eigenvalue weighted by molar-refractivity contribution is 5.95. The minimum atomic E-state index is -0.226. The van der Waals surface area contributed by atoms with Gasteiger partial charge < -0.3 is 5.32 Å². The van der Waals surface area contributed by atoms with Gasteiger partial charge in [-0.15, -0.1) is 6.58 Å². The third kappa shape index (κ3) is 5.23. The van der Waals surface area contributed by atoms with Crippen LogP contribution in [0, 0.1) is 11.7 Å². The van der Waals surface area contributed by atoms with E-state index in [1.165, 1.54) is 11.6 Å². The standard InChI is InChI=1S/C32H31FN2O/c1-2-6-30(35-32(36)26-15-9-23(10-16-26)22-7-4-3-5-8-22)25-13-11-24(12-14-25)28-19-20-34-31-18-17-27(33)21-29(28)31/h2-5,7-10,15-21,24-25,30H,1,6,11-14H2,(H,35,36)/t24-,25+,30-/m1/s1. The van der Waals surface area contributed by atoms with Crippen molar-refractivity contribution in [2.75, 3.05) is 0 Å². The van der Waals surface area contributed by atoms with Crippen LogP contribution in [0.3, 0.4) is 0 Å². The van der Waals surface area contributed by atoms with Gasteiger partial charge in [-0.3, -0.25) is 9.78 Å². The summed E-state index contributed by atoms with van der Waals surface area (Å²) in [6.07, 6.45) is 8.50. The van der Waals surface area contributed by atoms with Crippen LogP contribution in [-0.2, 0) is 0 Å². The number of halogens is 1. The fraction of sp³-hybridized carbons (Fsp3) is 0.250. The van der Waals surface area contributed by atoms with Crippen molar-refractivity contribution in [1.29, 1.82) is 0 Å². The number of aromatic nitrogens is 1. The SMILES string of the molecule is C=CC[C@@H](NC(=O)c1ccc(-c2ccccc2)cc1)[C@H]1CC[C@@H](c2ccnc3ccc(F)cc32)CC1. The number of pyridine rings is 1. The number of carbonyl (C=O) groups excluding carboxylic acids is 1. The fourth-order valence-corrected chi connectivity index (χ4v) is 5.57. The first-order valence-corrected chi connectivity index (χ1v) is 12.7. The van der Waals surface area contributed by atoms with Crippen LogP contribution < -0.4 is 5.32 Å². The minimum absolute atomic E-state index is 0.0424. The van der Waals surface area contributed by atoms with Crippen molar-refractivity contribution in [3.63, 3.8) is 0 Å². The monoisotopic (exact) mass is 478 g/mol. The Morgan fingerprint density at radius 3 is 2.42 bits per heavy atom. The average Bonchev–Trinajstić information content (AvgIpc) is 2.93. The maximum absolute atomic E-state index is 13.9. The molecule has 1 aliphatic carbocycles. The smallest absolute Gasteiger partial charge is 0.251 e. The highest BCUT2D eigenvalue weighted by Crippen LogP contribution is 2.40. The topological polar surface area (TPSA) is 42.0 Å². The highest BCUT2D eigenvalue weighted by Gasteiger charge is 2.29. The van der Waals surface area contributed by atoms with Gasteiger partial charge in [0.1, 0.15) is 5.82 Å². The van der Waals surface area contributed by atoms with Crippen molar-refractivity contribution in [2.45, 2.75) is 44.1 Å². The van der Waals surface area contributed by atoms with E-state index in [1.807, 2.05) is 60.8 Å². The Morgan fingerprint density at radius 2 is 1.69 bits per heavy atom. The zero-order valence-corrected chi connectivity index (χ0v) is 20.4. The van der Waals surface area contributed by atoms with Gasteiger partial charge in [-0.25, -0.2) is 4.39 Å². The molecule has 3 nitrogen and oxygen atoms in total. The van der Waals surface area contributed by atoms with Crippen molar-refractivity contribution in [2.24, 2.45) is 5.92 Å². The molecule has 182 valence electrons. The predicted octanol–water partition coefficient (Wildman–Crippen LogP) is 7.69. The van der Waals surface area contributed by atoms with Crippen LogP contribution in [0.1, 0.15) is 53.9 Å². The number of nitrogens with zero attached hydrogens (tertiary/aromatic N) is 1. The number of carbonyl (C=O) groups is 1. The number of rotatable bonds is 7. The van der Waals surface area contributed by atoms with E-state index in [0.717, 1.165) is 54.1 Å². The van der Waals surface area contributed by atoms with Gasteiger partial charge in [-0.05, 0) is 97.0 Å².